The highest BCUT2D eigenvalue weighted by Crippen LogP contribution is 2.15. The number of primary amides is 1. The topological polar surface area (TPSA) is 142 Å². The fourth-order valence-corrected chi connectivity index (χ4v) is 4.03. The second-order valence-electron chi connectivity index (χ2n) is 10.1. The average Bonchev–Trinajstić information content (AvgIpc) is 2.84. The van der Waals surface area contributed by atoms with Crippen molar-refractivity contribution < 1.29 is 19.5 Å². The first-order chi connectivity index (χ1) is 17.5. The molecule has 2 aromatic carbocycles. The summed E-state index contributed by atoms with van der Waals surface area (Å²) in [4.78, 5) is 42.8. The summed E-state index contributed by atoms with van der Waals surface area (Å²) < 4.78 is 0. The van der Waals surface area contributed by atoms with E-state index in [0.717, 1.165) is 11.1 Å². The Morgan fingerprint density at radius 2 is 1.54 bits per heavy atom. The molecule has 2 aromatic rings. The quantitative estimate of drug-likeness (QED) is 0.301. The van der Waals surface area contributed by atoms with E-state index in [9.17, 15) is 19.5 Å². The van der Waals surface area contributed by atoms with Crippen molar-refractivity contribution in [2.75, 3.05) is 27.2 Å². The summed E-state index contributed by atoms with van der Waals surface area (Å²) >= 11 is 0. The molecule has 0 unspecified atom stereocenters. The van der Waals surface area contributed by atoms with Crippen LogP contribution >= 0.6 is 0 Å². The van der Waals surface area contributed by atoms with Gasteiger partial charge in [0, 0.05) is 19.5 Å². The van der Waals surface area contributed by atoms with Crippen molar-refractivity contribution in [1.29, 1.82) is 0 Å². The van der Waals surface area contributed by atoms with Crippen molar-refractivity contribution in [3.05, 3.63) is 65.7 Å². The van der Waals surface area contributed by atoms with Crippen LogP contribution in [-0.4, -0.2) is 77.9 Å². The van der Waals surface area contributed by atoms with Crippen LogP contribution in [0.3, 0.4) is 0 Å². The third kappa shape index (κ3) is 9.86. The molecule has 3 amide bonds. The number of carbonyl (C=O) groups excluding carboxylic acids is 3. The third-order valence-electron chi connectivity index (χ3n) is 6.10. The molecule has 0 aliphatic carbocycles. The number of amides is 3. The van der Waals surface area contributed by atoms with Crippen LogP contribution in [0.1, 0.15) is 31.4 Å². The number of nitrogens with zero attached hydrogens (tertiary/aromatic N) is 2. The van der Waals surface area contributed by atoms with Gasteiger partial charge in [-0.25, -0.2) is 0 Å². The Kier molecular flexibility index (Phi) is 11.6. The molecular formula is C28H41N5O4. The Labute approximate surface area is 219 Å². The van der Waals surface area contributed by atoms with Crippen molar-refractivity contribution >= 4 is 17.7 Å². The molecule has 0 fully saturated rings. The second kappa shape index (κ2) is 14.3. The number of rotatable bonds is 14. The maximum atomic E-state index is 13.9. The van der Waals surface area contributed by atoms with E-state index in [0.29, 0.717) is 18.9 Å². The van der Waals surface area contributed by atoms with Gasteiger partial charge in [-0.3, -0.25) is 14.4 Å². The number of hydrogen-bond acceptors (Lipinski definition) is 6. The van der Waals surface area contributed by atoms with E-state index < -0.39 is 29.9 Å². The van der Waals surface area contributed by atoms with Crippen LogP contribution in [0.5, 0.6) is 5.75 Å². The molecule has 37 heavy (non-hydrogen) atoms. The Morgan fingerprint density at radius 1 is 0.946 bits per heavy atom. The molecule has 0 saturated carbocycles. The van der Waals surface area contributed by atoms with Crippen LogP contribution < -0.4 is 16.8 Å². The van der Waals surface area contributed by atoms with E-state index in [1.165, 1.54) is 17.0 Å². The molecule has 2 rings (SSSR count). The molecular weight excluding hydrogens is 470 g/mol. The van der Waals surface area contributed by atoms with Crippen LogP contribution in [-0.2, 0) is 27.2 Å². The highest BCUT2D eigenvalue weighted by Gasteiger charge is 2.34. The zero-order valence-corrected chi connectivity index (χ0v) is 22.3. The van der Waals surface area contributed by atoms with Crippen LogP contribution in [0.15, 0.2) is 54.6 Å². The van der Waals surface area contributed by atoms with Gasteiger partial charge in [0.15, 0.2) is 0 Å². The lowest BCUT2D eigenvalue weighted by atomic mass is 10.0. The lowest BCUT2D eigenvalue weighted by Gasteiger charge is -2.35. The highest BCUT2D eigenvalue weighted by molar-refractivity contribution is 5.93. The van der Waals surface area contributed by atoms with Gasteiger partial charge in [0.25, 0.3) is 0 Å². The third-order valence-corrected chi connectivity index (χ3v) is 6.10. The Morgan fingerprint density at radius 3 is 2.08 bits per heavy atom. The number of hydrogen-bond donors (Lipinski definition) is 4. The zero-order valence-electron chi connectivity index (χ0n) is 22.3. The van der Waals surface area contributed by atoms with E-state index >= 15 is 0 Å². The lowest BCUT2D eigenvalue weighted by molar-refractivity contribution is -0.143. The Bertz CT molecular complexity index is 1010. The molecule has 0 spiro atoms. The van der Waals surface area contributed by atoms with Gasteiger partial charge >= 0.3 is 0 Å². The molecule has 0 heterocycles. The summed E-state index contributed by atoms with van der Waals surface area (Å²) in [6.07, 6.45) is 1.19. The zero-order chi connectivity index (χ0) is 27.5. The molecule has 0 aliphatic heterocycles. The van der Waals surface area contributed by atoms with Crippen molar-refractivity contribution in [1.82, 2.24) is 15.1 Å². The number of phenolic OH excluding ortho intramolecular Hbond substituents is 1. The van der Waals surface area contributed by atoms with E-state index in [2.05, 4.69) is 5.32 Å². The number of likely N-dealkylation sites (N-methyl/N-ethyl adjacent to an activating group) is 1. The molecule has 6 N–H and O–H groups in total. The first-order valence-corrected chi connectivity index (χ1v) is 12.6. The van der Waals surface area contributed by atoms with Crippen LogP contribution in [0.4, 0.5) is 0 Å². The van der Waals surface area contributed by atoms with E-state index in [-0.39, 0.29) is 31.0 Å². The molecule has 0 aliphatic rings. The van der Waals surface area contributed by atoms with Gasteiger partial charge in [-0.05, 0) is 56.1 Å². The summed E-state index contributed by atoms with van der Waals surface area (Å²) in [6, 6.07) is 13.2. The monoisotopic (exact) mass is 511 g/mol. The number of nitrogens with two attached hydrogens (primary N) is 2. The number of aromatic hydroxyl groups is 1. The van der Waals surface area contributed by atoms with Crippen LogP contribution in [0.2, 0.25) is 0 Å². The Hall–Kier alpha value is -3.43. The van der Waals surface area contributed by atoms with Crippen molar-refractivity contribution in [2.24, 2.45) is 17.4 Å². The number of benzene rings is 2. The maximum absolute atomic E-state index is 13.9. The minimum Gasteiger partial charge on any atom is -0.508 e. The van der Waals surface area contributed by atoms with Gasteiger partial charge in [0.05, 0.1) is 6.04 Å². The van der Waals surface area contributed by atoms with Crippen LogP contribution in [0, 0.1) is 5.92 Å². The summed E-state index contributed by atoms with van der Waals surface area (Å²) in [5, 5.41) is 12.3. The SMILES string of the molecule is CC(C)CCN(C(=O)[C@@H](CN(C)C)NC(=O)[C@@H](N)Cc1ccc(O)cc1)[C@@H](Cc1ccccc1)C(N)=O. The predicted molar refractivity (Wildman–Crippen MR) is 145 cm³/mol. The van der Waals surface area contributed by atoms with Gasteiger partial charge in [-0.2, -0.15) is 0 Å². The fourth-order valence-electron chi connectivity index (χ4n) is 4.03. The number of nitrogens with one attached hydrogen (secondary N) is 1. The molecule has 0 bridgehead atoms. The number of carbonyl (C=O) groups is 3. The molecule has 202 valence electrons. The number of phenols is 1. The second-order valence-corrected chi connectivity index (χ2v) is 10.1. The molecule has 9 heteroatoms. The lowest BCUT2D eigenvalue weighted by Crippen LogP contribution is -2.60. The summed E-state index contributed by atoms with van der Waals surface area (Å²) in [6.45, 7) is 4.64. The fraction of sp³-hybridized carbons (Fsp3) is 0.464. The van der Waals surface area contributed by atoms with Crippen molar-refractivity contribution in [3.8, 4) is 5.75 Å². The normalized spacial score (nSPS) is 13.7. The van der Waals surface area contributed by atoms with Gasteiger partial charge < -0.3 is 31.7 Å². The maximum Gasteiger partial charge on any atom is 0.247 e. The summed E-state index contributed by atoms with van der Waals surface area (Å²) in [5.74, 6) is -1.03. The van der Waals surface area contributed by atoms with E-state index in [4.69, 9.17) is 11.5 Å². The molecule has 9 nitrogen and oxygen atoms in total. The predicted octanol–water partition coefficient (Wildman–Crippen LogP) is 1.28. The smallest absolute Gasteiger partial charge is 0.247 e. The first kappa shape index (κ1) is 29.8. The Balaban J connectivity index is 2.27. The average molecular weight is 512 g/mol. The van der Waals surface area contributed by atoms with Crippen molar-refractivity contribution in [3.63, 3.8) is 0 Å². The molecule has 0 aromatic heterocycles. The molecule has 3 atom stereocenters. The van der Waals surface area contributed by atoms with Gasteiger partial charge in [0.2, 0.25) is 17.7 Å². The summed E-state index contributed by atoms with van der Waals surface area (Å²) in [5.41, 5.74) is 13.6. The minimum atomic E-state index is -0.918. The largest absolute Gasteiger partial charge is 0.508 e. The highest BCUT2D eigenvalue weighted by atomic mass is 16.3. The minimum absolute atomic E-state index is 0.124. The van der Waals surface area contributed by atoms with Crippen LogP contribution in [0.25, 0.3) is 0 Å². The van der Waals surface area contributed by atoms with Gasteiger partial charge in [-0.1, -0.05) is 56.3 Å². The molecule has 0 radical (unpaired) electrons. The molecule has 0 saturated heterocycles. The first-order valence-electron chi connectivity index (χ1n) is 12.6. The van der Waals surface area contributed by atoms with Crippen molar-refractivity contribution in [2.45, 2.75) is 51.2 Å². The summed E-state index contributed by atoms with van der Waals surface area (Å²) in [7, 11) is 3.60. The van der Waals surface area contributed by atoms with Gasteiger partial charge in [-0.15, -0.1) is 0 Å². The van der Waals surface area contributed by atoms with E-state index in [1.807, 2.05) is 44.2 Å². The van der Waals surface area contributed by atoms with Gasteiger partial charge in [0.1, 0.15) is 17.8 Å². The standard InChI is InChI=1S/C28H41N5O4/c1-19(2)14-15-33(25(26(30)35)17-20-8-6-5-7-9-20)28(37)24(18-32(3)4)31-27(36)23(29)16-21-10-12-22(34)13-11-21/h5-13,19,23-25,34H,14-18,29H2,1-4H3,(H2,30,35)(H,31,36)/t23-,24+,25-/m0/s1. The van der Waals surface area contributed by atoms with E-state index in [1.54, 1.807) is 31.1 Å².